The Morgan fingerprint density at radius 3 is 1.15 bits per heavy atom. The Morgan fingerprint density at radius 1 is 0.347 bits per heavy atom. The van der Waals surface area contributed by atoms with Crippen molar-refractivity contribution in [2.75, 3.05) is 210 Å². The van der Waals surface area contributed by atoms with E-state index >= 15 is 0 Å². The van der Waals surface area contributed by atoms with Gasteiger partial charge in [0.1, 0.15) is 6.17 Å². The molecule has 886 valence electrons. The number of ether oxygens (including phenoxy) is 7. The van der Waals surface area contributed by atoms with E-state index < -0.39 is 6.17 Å². The highest BCUT2D eigenvalue weighted by Gasteiger charge is 2.40. The number of rotatable bonds is 23. The second-order valence-corrected chi connectivity index (χ2v) is 59.4. The molecule has 0 bridgehead atoms. The van der Waals surface area contributed by atoms with Crippen LogP contribution in [0.5, 0.6) is 0 Å². The van der Waals surface area contributed by atoms with Gasteiger partial charge in [0.05, 0.1) is 83.2 Å². The molecule has 0 spiro atoms. The number of nitrogens with one attached hydrogen (secondary N) is 11. The maximum Gasteiger partial charge on any atom is 0.139 e. The minimum atomic E-state index is -0.800. The van der Waals surface area contributed by atoms with Gasteiger partial charge in [-0.15, -0.1) is 0 Å². The van der Waals surface area contributed by atoms with Crippen LogP contribution in [0.2, 0.25) is 0 Å². The summed E-state index contributed by atoms with van der Waals surface area (Å²) in [6.07, 6.45) is 38.4. The minimum absolute atomic E-state index is 0.0425. The molecular formula is C124H251FN18O7. The maximum absolute atomic E-state index is 13.8. The molecule has 10 aliphatic heterocycles. The smallest absolute Gasteiger partial charge is 0.139 e. The van der Waals surface area contributed by atoms with Gasteiger partial charge >= 0.3 is 0 Å². The molecule has 150 heavy (non-hydrogen) atoms. The summed E-state index contributed by atoms with van der Waals surface area (Å²) >= 11 is 0. The van der Waals surface area contributed by atoms with Crippen LogP contribution in [0.1, 0.15) is 422 Å². The van der Waals surface area contributed by atoms with Gasteiger partial charge in [-0.1, -0.05) is 40.5 Å². The highest BCUT2D eigenvalue weighted by atomic mass is 19.1. The molecular weight excluding hydrogens is 1870 g/mol. The first-order valence-corrected chi connectivity index (χ1v) is 61.8. The van der Waals surface area contributed by atoms with Crippen molar-refractivity contribution in [1.29, 1.82) is 5.26 Å². The summed E-state index contributed by atoms with van der Waals surface area (Å²) in [5.74, 6) is 2.58. The second-order valence-electron chi connectivity index (χ2n) is 59.4. The zero-order valence-electron chi connectivity index (χ0n) is 105. The van der Waals surface area contributed by atoms with Crippen LogP contribution in [-0.2, 0) is 33.2 Å². The molecule has 0 amide bonds. The summed E-state index contributed by atoms with van der Waals surface area (Å²) in [6.45, 7) is 108. The molecule has 0 aromatic heterocycles. The number of morpholine rings is 3. The first-order chi connectivity index (χ1) is 69.9. The fourth-order valence-electron chi connectivity index (χ4n) is 23.1. The van der Waals surface area contributed by atoms with Gasteiger partial charge in [0, 0.05) is 222 Å². The predicted molar refractivity (Wildman–Crippen MR) is 634 cm³/mol. The third kappa shape index (κ3) is 66.1. The molecule has 8 atom stereocenters. The summed E-state index contributed by atoms with van der Waals surface area (Å²) in [6, 6.07) is 9.42. The lowest BCUT2D eigenvalue weighted by Gasteiger charge is -2.45. The molecule has 10 heterocycles. The normalized spacial score (nSPS) is 28.9. The van der Waals surface area contributed by atoms with Crippen molar-refractivity contribution in [2.45, 2.75) is 556 Å². The number of hydrogen-bond donors (Lipinski definition) is 11. The quantitative estimate of drug-likeness (QED) is 0.0426. The molecule has 25 nitrogen and oxygen atoms in total. The molecule has 15 fully saturated rings. The van der Waals surface area contributed by atoms with E-state index in [0.29, 0.717) is 42.1 Å². The zero-order valence-corrected chi connectivity index (χ0v) is 105. The van der Waals surface area contributed by atoms with Gasteiger partial charge in [-0.25, -0.2) is 4.39 Å². The first-order valence-electron chi connectivity index (χ1n) is 61.8. The number of piperidine rings is 3. The zero-order chi connectivity index (χ0) is 111. The molecule has 11 N–H and O–H groups in total. The van der Waals surface area contributed by atoms with Crippen LogP contribution in [-0.4, -0.2) is 374 Å². The van der Waals surface area contributed by atoms with E-state index in [1.165, 1.54) is 232 Å². The van der Waals surface area contributed by atoms with E-state index in [1.54, 1.807) is 0 Å². The van der Waals surface area contributed by atoms with Crippen LogP contribution >= 0.6 is 0 Å². The summed E-state index contributed by atoms with van der Waals surface area (Å²) in [4.78, 5) is 15.4. The lowest BCUT2D eigenvalue weighted by Crippen LogP contribution is -2.55. The number of halogens is 1. The number of alkyl halides is 1. The van der Waals surface area contributed by atoms with Crippen LogP contribution in [0.25, 0.3) is 0 Å². The number of nitriles is 1. The monoisotopic (exact) mass is 2120 g/mol. The predicted octanol–water partition coefficient (Wildman–Crippen LogP) is 20.0. The maximum atomic E-state index is 13.8. The molecule has 15 aliphatic rings. The van der Waals surface area contributed by atoms with Gasteiger partial charge in [-0.2, -0.15) is 5.26 Å². The summed E-state index contributed by atoms with van der Waals surface area (Å²) in [5, 5.41) is 47.9. The van der Waals surface area contributed by atoms with E-state index in [0.717, 1.165) is 204 Å². The van der Waals surface area contributed by atoms with Crippen LogP contribution in [0, 0.1) is 39.9 Å². The average molecular weight is 2130 g/mol. The Hall–Kier alpha value is -1.54. The van der Waals surface area contributed by atoms with Crippen molar-refractivity contribution >= 4 is 0 Å². The second kappa shape index (κ2) is 67.5. The van der Waals surface area contributed by atoms with Gasteiger partial charge in [0.15, 0.2) is 0 Å². The van der Waals surface area contributed by atoms with E-state index in [1.807, 2.05) is 0 Å². The molecule has 10 saturated heterocycles. The van der Waals surface area contributed by atoms with E-state index in [-0.39, 0.29) is 74.2 Å². The highest BCUT2D eigenvalue weighted by Crippen LogP contribution is 2.42. The van der Waals surface area contributed by atoms with E-state index in [2.05, 4.69) is 329 Å². The number of hydrogen-bond acceptors (Lipinski definition) is 25. The van der Waals surface area contributed by atoms with Gasteiger partial charge in [0.25, 0.3) is 0 Å². The molecule has 15 rings (SSSR count). The number of likely N-dealkylation sites (tertiary alicyclic amines) is 3. The third-order valence-electron chi connectivity index (χ3n) is 32.4. The lowest BCUT2D eigenvalue weighted by molar-refractivity contribution is -0.0380. The van der Waals surface area contributed by atoms with Gasteiger partial charge in [-0.3, -0.25) is 19.6 Å². The fourth-order valence-corrected chi connectivity index (χ4v) is 23.1. The van der Waals surface area contributed by atoms with Crippen LogP contribution in [0.15, 0.2) is 0 Å². The first kappa shape index (κ1) is 137. The van der Waals surface area contributed by atoms with Crippen molar-refractivity contribution in [3.05, 3.63) is 0 Å². The molecule has 26 heteroatoms. The van der Waals surface area contributed by atoms with Crippen LogP contribution in [0.4, 0.5) is 4.39 Å². The van der Waals surface area contributed by atoms with Gasteiger partial charge in [0.2, 0.25) is 0 Å². The largest absolute Gasteiger partial charge is 0.381 e. The molecule has 5 saturated carbocycles. The summed E-state index contributed by atoms with van der Waals surface area (Å²) < 4.78 is 51.7. The molecule has 5 unspecified atom stereocenters. The molecule has 0 aromatic rings. The number of piperazine rings is 1. The van der Waals surface area contributed by atoms with Crippen molar-refractivity contribution in [1.82, 2.24) is 87.9 Å². The SMILES string of the molecule is CC(C)(C)NC1CCC(N2CCN(C3CCOCC3)CC2)CC1.CC(C)(C)NC1CCN(C2CC2)CC1.CC(C)(C)NC1CCN([C@@H]2CCOC[C@@H]2F)CC1.CC(C)(C)NCC1CCOC1.CC(C)(C)NCC1CN(CC#N)CCO1.CC(C)(C)NCC1COCCN1.CC(C)(C)N[C@@H]1CCC(N2CCCCC2)C1.CC(C)(C)OCC1COCCN1.CC1(C)CCC(CNC(C)(C)C)CC1.CCC1(C)CCC(CNC(C)(C)C)CC1. The standard InChI is InChI=1S/C19H37N3O.C14H27FN2O.C14H28N2.C14H29N.C13H27N.C12H24N2.C11H21N3O.C9H20N2O.C9H19NO2.C9H19NO/c1-19(2,3)20-16-4-6-17(7-5-16)21-10-12-22(13-11-21)18-8-14-23-15-9-18;1-14(2,3)16-11-4-7-17(8-5-11)13-6-9-18-10-12(13)15;1-14(2,3)15-12-7-8-13(11-12)16-9-5-4-6-10-16;1-6-14(5)9-7-12(8-10-14)11-15-13(2,3)4;1-12(2,3)14-10-11-6-8-13(4,5)9-7-11;1-12(2,3)13-10-6-8-14(9-7-10)11-4-5-11;1-11(2,3)13-8-10-9-14(5-4-12)6-7-15-10;1-9(2,3)11-6-8-7-12-5-4-10-8;1-9(2,3)12-7-8-6-11-5-4-10-8;1-9(2,3)10-6-8-4-5-11-7-8/h16-18,20H,4-15H2,1-3H3;11-13,16H,4-10H2,1-3H3;12-13,15H,4-11H2,1-3H3;12,15H,6-11H2,1-5H3;11,14H,6-10H2,1-5H3;10-11,13H,4-9H2,1-3H3;10,13H,5-9H2,1-3H3;8,10-11H,4-7H2,1-3H3;8,10H,4-7H2,1-3H3;8,10H,4-7H2,1-3H3/t;12-,13+;12-,13?;;;;;;;/m.01......./s1. The number of nitrogens with zero attached hydrogens (tertiary/aromatic N) is 7. The van der Waals surface area contributed by atoms with Crippen molar-refractivity contribution in [3.63, 3.8) is 0 Å². The summed E-state index contributed by atoms with van der Waals surface area (Å²) in [7, 11) is 0. The van der Waals surface area contributed by atoms with E-state index in [4.69, 9.17) is 38.4 Å². The Morgan fingerprint density at radius 2 is 0.727 bits per heavy atom. The van der Waals surface area contributed by atoms with Crippen molar-refractivity contribution in [2.24, 2.45) is 28.6 Å². The van der Waals surface area contributed by atoms with Crippen molar-refractivity contribution < 1.29 is 37.5 Å². The molecule has 0 aromatic carbocycles. The topological polar surface area (TPSA) is 240 Å². The van der Waals surface area contributed by atoms with Crippen LogP contribution in [0.3, 0.4) is 0 Å². The lowest BCUT2D eigenvalue weighted by atomic mass is 9.70. The Balaban J connectivity index is 0.000000256. The third-order valence-corrected chi connectivity index (χ3v) is 32.4. The molecule has 5 aliphatic carbocycles. The van der Waals surface area contributed by atoms with Crippen molar-refractivity contribution in [3.8, 4) is 6.07 Å². The Kier molecular flexibility index (Phi) is 61.7. The van der Waals surface area contributed by atoms with Gasteiger partial charge in [-0.05, 0) is 449 Å². The Bertz CT molecular complexity index is 3380. The van der Waals surface area contributed by atoms with Gasteiger partial charge < -0.3 is 101 Å². The van der Waals surface area contributed by atoms with E-state index in [9.17, 15) is 4.39 Å². The molecule has 0 radical (unpaired) electrons. The summed E-state index contributed by atoms with van der Waals surface area (Å²) in [5.41, 5.74) is 3.37. The highest BCUT2D eigenvalue weighted by molar-refractivity contribution is 4.97. The fraction of sp³-hybridized carbons (Fsp3) is 0.992. The Labute approximate surface area is 926 Å². The average Bonchev–Trinajstić information content (AvgIpc) is 0.988. The van der Waals surface area contributed by atoms with Crippen LogP contribution < -0.4 is 58.5 Å². The minimum Gasteiger partial charge on any atom is -0.381 e.